The fourth-order valence-electron chi connectivity index (χ4n) is 2.40. The van der Waals surface area contributed by atoms with Crippen LogP contribution in [0.2, 0.25) is 0 Å². The van der Waals surface area contributed by atoms with E-state index in [-0.39, 0.29) is 30.2 Å². The van der Waals surface area contributed by atoms with Gasteiger partial charge in [-0.05, 0) is 35.4 Å². The second-order valence-corrected chi connectivity index (χ2v) is 5.45. The summed E-state index contributed by atoms with van der Waals surface area (Å²) in [6.45, 7) is 0.214. The van der Waals surface area contributed by atoms with Gasteiger partial charge in [0.15, 0.2) is 11.6 Å². The molecule has 0 heterocycles. The first-order valence-corrected chi connectivity index (χ1v) is 7.82. The average molecular weight is 361 g/mol. The summed E-state index contributed by atoms with van der Waals surface area (Å²) in [5, 5.41) is 2.73. The quantitative estimate of drug-likeness (QED) is 0.767. The molecule has 2 aromatic carbocycles. The fraction of sp³-hybridized carbons (Fsp3) is 0.263. The smallest absolute Gasteiger partial charge is 0.341 e. The van der Waals surface area contributed by atoms with Gasteiger partial charge in [0, 0.05) is 6.54 Å². The standard InChI is InChI=1S/C19H20FNO5/c1-24-16-6-5-13(8-14(16)19(23)26-3)11-21-18(22)10-12-4-7-17(25-2)15(20)9-12/h4-9H,10-11H2,1-3H3,(H,21,22). The number of carbonyl (C=O) groups excluding carboxylic acids is 2. The predicted octanol–water partition coefficient (Wildman–Crippen LogP) is 2.49. The van der Waals surface area contributed by atoms with Crippen molar-refractivity contribution in [3.63, 3.8) is 0 Å². The number of rotatable bonds is 7. The molecule has 0 aromatic heterocycles. The summed E-state index contributed by atoms with van der Waals surface area (Å²) in [4.78, 5) is 23.8. The lowest BCUT2D eigenvalue weighted by Gasteiger charge is -2.10. The first-order chi connectivity index (χ1) is 12.5. The number of benzene rings is 2. The van der Waals surface area contributed by atoms with Crippen LogP contribution in [0.5, 0.6) is 11.5 Å². The number of amides is 1. The van der Waals surface area contributed by atoms with Crippen LogP contribution >= 0.6 is 0 Å². The summed E-state index contributed by atoms with van der Waals surface area (Å²) in [6, 6.07) is 9.33. The van der Waals surface area contributed by atoms with Gasteiger partial charge >= 0.3 is 5.97 Å². The van der Waals surface area contributed by atoms with E-state index in [0.29, 0.717) is 16.9 Å². The largest absolute Gasteiger partial charge is 0.496 e. The van der Waals surface area contributed by atoms with Crippen molar-refractivity contribution in [1.82, 2.24) is 5.32 Å². The molecule has 0 aliphatic carbocycles. The van der Waals surface area contributed by atoms with Gasteiger partial charge in [-0.25, -0.2) is 9.18 Å². The molecule has 0 unspecified atom stereocenters. The highest BCUT2D eigenvalue weighted by molar-refractivity contribution is 5.92. The predicted molar refractivity (Wildman–Crippen MR) is 92.8 cm³/mol. The van der Waals surface area contributed by atoms with Crippen molar-refractivity contribution in [2.45, 2.75) is 13.0 Å². The average Bonchev–Trinajstić information content (AvgIpc) is 2.65. The van der Waals surface area contributed by atoms with E-state index in [1.807, 2.05) is 0 Å². The highest BCUT2D eigenvalue weighted by Gasteiger charge is 2.14. The lowest BCUT2D eigenvalue weighted by atomic mass is 10.1. The minimum Gasteiger partial charge on any atom is -0.496 e. The second-order valence-electron chi connectivity index (χ2n) is 5.45. The van der Waals surface area contributed by atoms with Gasteiger partial charge < -0.3 is 19.5 Å². The number of nitrogens with one attached hydrogen (secondary N) is 1. The van der Waals surface area contributed by atoms with Crippen LogP contribution in [-0.4, -0.2) is 33.2 Å². The van der Waals surface area contributed by atoms with Gasteiger partial charge in [0.25, 0.3) is 0 Å². The van der Waals surface area contributed by atoms with E-state index in [1.54, 1.807) is 24.3 Å². The monoisotopic (exact) mass is 361 g/mol. The Hall–Kier alpha value is -3.09. The molecular formula is C19H20FNO5. The Morgan fingerprint density at radius 1 is 0.962 bits per heavy atom. The van der Waals surface area contributed by atoms with Crippen LogP contribution in [0.4, 0.5) is 4.39 Å². The number of esters is 1. The molecule has 0 spiro atoms. The molecule has 0 saturated heterocycles. The van der Waals surface area contributed by atoms with E-state index >= 15 is 0 Å². The normalized spacial score (nSPS) is 10.2. The Labute approximate surface area is 150 Å². The molecule has 7 heteroatoms. The zero-order valence-electron chi connectivity index (χ0n) is 14.8. The van der Waals surface area contributed by atoms with Crippen molar-refractivity contribution in [2.24, 2.45) is 0 Å². The number of methoxy groups -OCH3 is 3. The molecule has 0 bridgehead atoms. The Morgan fingerprint density at radius 2 is 1.62 bits per heavy atom. The van der Waals surface area contributed by atoms with Crippen molar-refractivity contribution in [1.29, 1.82) is 0 Å². The highest BCUT2D eigenvalue weighted by Crippen LogP contribution is 2.21. The van der Waals surface area contributed by atoms with Gasteiger partial charge in [0.2, 0.25) is 5.91 Å². The van der Waals surface area contributed by atoms with Gasteiger partial charge in [-0.2, -0.15) is 0 Å². The van der Waals surface area contributed by atoms with Crippen LogP contribution in [0, 0.1) is 5.82 Å². The van der Waals surface area contributed by atoms with Crippen molar-refractivity contribution >= 4 is 11.9 Å². The first kappa shape index (κ1) is 19.2. The number of hydrogen-bond donors (Lipinski definition) is 1. The lowest BCUT2D eigenvalue weighted by Crippen LogP contribution is -2.24. The Bertz CT molecular complexity index is 807. The third-order valence-electron chi connectivity index (χ3n) is 3.74. The minimum absolute atomic E-state index is 0.0287. The van der Waals surface area contributed by atoms with E-state index in [0.717, 1.165) is 0 Å². The summed E-state index contributed by atoms with van der Waals surface area (Å²) in [6.07, 6.45) is 0.0287. The molecule has 0 aliphatic rings. The second kappa shape index (κ2) is 8.84. The van der Waals surface area contributed by atoms with Gasteiger partial charge in [0.1, 0.15) is 11.3 Å². The zero-order valence-corrected chi connectivity index (χ0v) is 14.8. The van der Waals surface area contributed by atoms with E-state index in [1.165, 1.54) is 33.5 Å². The van der Waals surface area contributed by atoms with Gasteiger partial charge in [-0.15, -0.1) is 0 Å². The number of ether oxygens (including phenoxy) is 3. The third kappa shape index (κ3) is 4.72. The van der Waals surface area contributed by atoms with Crippen molar-refractivity contribution in [3.8, 4) is 11.5 Å². The van der Waals surface area contributed by atoms with Crippen LogP contribution in [0.15, 0.2) is 36.4 Å². The van der Waals surface area contributed by atoms with Crippen LogP contribution in [0.25, 0.3) is 0 Å². The first-order valence-electron chi connectivity index (χ1n) is 7.82. The van der Waals surface area contributed by atoms with Crippen LogP contribution in [0.3, 0.4) is 0 Å². The maximum absolute atomic E-state index is 13.7. The number of carbonyl (C=O) groups is 2. The molecule has 1 N–H and O–H groups in total. The van der Waals surface area contributed by atoms with Crippen molar-refractivity contribution < 1.29 is 28.2 Å². The zero-order chi connectivity index (χ0) is 19.1. The van der Waals surface area contributed by atoms with E-state index < -0.39 is 11.8 Å². The maximum Gasteiger partial charge on any atom is 0.341 e. The summed E-state index contributed by atoms with van der Waals surface area (Å²) < 4.78 is 28.4. The molecule has 26 heavy (non-hydrogen) atoms. The third-order valence-corrected chi connectivity index (χ3v) is 3.74. The number of hydrogen-bond acceptors (Lipinski definition) is 5. The van der Waals surface area contributed by atoms with Crippen molar-refractivity contribution in [3.05, 3.63) is 58.9 Å². The van der Waals surface area contributed by atoms with E-state index in [4.69, 9.17) is 14.2 Å². The van der Waals surface area contributed by atoms with Gasteiger partial charge in [-0.1, -0.05) is 12.1 Å². The van der Waals surface area contributed by atoms with Crippen molar-refractivity contribution in [2.75, 3.05) is 21.3 Å². The molecular weight excluding hydrogens is 341 g/mol. The molecule has 0 aliphatic heterocycles. The summed E-state index contributed by atoms with van der Waals surface area (Å²) in [5.74, 6) is -0.798. The molecule has 0 radical (unpaired) electrons. The molecule has 1 amide bonds. The van der Waals surface area contributed by atoms with Crippen LogP contribution in [0.1, 0.15) is 21.5 Å². The Kier molecular flexibility index (Phi) is 6.54. The van der Waals surface area contributed by atoms with Crippen LogP contribution in [-0.2, 0) is 22.5 Å². The maximum atomic E-state index is 13.7. The van der Waals surface area contributed by atoms with Crippen LogP contribution < -0.4 is 14.8 Å². The molecule has 0 saturated carbocycles. The fourth-order valence-corrected chi connectivity index (χ4v) is 2.40. The Balaban J connectivity index is 2.01. The summed E-state index contributed by atoms with van der Waals surface area (Å²) >= 11 is 0. The van der Waals surface area contributed by atoms with E-state index in [9.17, 15) is 14.0 Å². The highest BCUT2D eigenvalue weighted by atomic mass is 19.1. The summed E-state index contributed by atoms with van der Waals surface area (Å²) in [5.41, 5.74) is 1.52. The lowest BCUT2D eigenvalue weighted by molar-refractivity contribution is -0.120. The molecule has 2 aromatic rings. The minimum atomic E-state index is -0.524. The molecule has 138 valence electrons. The van der Waals surface area contributed by atoms with Gasteiger partial charge in [-0.3, -0.25) is 4.79 Å². The van der Waals surface area contributed by atoms with E-state index in [2.05, 4.69) is 5.32 Å². The topological polar surface area (TPSA) is 73.9 Å². The molecule has 0 atom stereocenters. The number of halogens is 1. The SMILES string of the molecule is COC(=O)c1cc(CNC(=O)Cc2ccc(OC)c(F)c2)ccc1OC. The molecule has 0 fully saturated rings. The summed E-state index contributed by atoms with van der Waals surface area (Å²) in [7, 11) is 4.11. The Morgan fingerprint density at radius 3 is 2.23 bits per heavy atom. The molecule has 6 nitrogen and oxygen atoms in total. The molecule has 2 rings (SSSR count). The van der Waals surface area contributed by atoms with Gasteiger partial charge in [0.05, 0.1) is 27.8 Å².